The molecule has 0 aliphatic carbocycles. The minimum Gasteiger partial charge on any atom is -0.504 e. The van der Waals surface area contributed by atoms with Gasteiger partial charge in [-0.25, -0.2) is 0 Å². The van der Waals surface area contributed by atoms with E-state index in [1.165, 1.54) is 13.3 Å². The summed E-state index contributed by atoms with van der Waals surface area (Å²) in [5, 5.41) is 15.3. The maximum atomic E-state index is 12.8. The molecule has 1 amide bonds. The molecule has 0 spiro atoms. The predicted molar refractivity (Wildman–Crippen MR) is 128 cm³/mol. The lowest BCUT2D eigenvalue weighted by Gasteiger charge is -2.09. The molecule has 154 valence electrons. The number of amides is 1. The summed E-state index contributed by atoms with van der Waals surface area (Å²) >= 11 is 3.39. The van der Waals surface area contributed by atoms with Crippen LogP contribution in [0.4, 0.5) is 11.4 Å². The van der Waals surface area contributed by atoms with Gasteiger partial charge in [-0.05, 0) is 41.8 Å². The highest BCUT2D eigenvalue weighted by molar-refractivity contribution is 9.10. The van der Waals surface area contributed by atoms with Gasteiger partial charge in [0.1, 0.15) is 0 Å². The number of nitrogens with zero attached hydrogens (tertiary/aromatic N) is 1. The van der Waals surface area contributed by atoms with Gasteiger partial charge in [0, 0.05) is 32.9 Å². The second-order valence-electron chi connectivity index (χ2n) is 6.84. The van der Waals surface area contributed by atoms with Crippen molar-refractivity contribution in [1.29, 1.82) is 0 Å². The Bertz CT molecular complexity index is 1300. The lowest BCUT2D eigenvalue weighted by molar-refractivity contribution is 0.102. The van der Waals surface area contributed by atoms with Crippen molar-refractivity contribution >= 4 is 50.2 Å². The minimum atomic E-state index is -0.222. The Hall–Kier alpha value is -3.64. The summed E-state index contributed by atoms with van der Waals surface area (Å²) in [5.41, 5.74) is 2.32. The second-order valence-corrected chi connectivity index (χ2v) is 7.75. The van der Waals surface area contributed by atoms with Gasteiger partial charge in [0.05, 0.1) is 12.8 Å². The number of hydrogen-bond acceptors (Lipinski definition) is 4. The summed E-state index contributed by atoms with van der Waals surface area (Å²) in [6, 6.07) is 24.1. The van der Waals surface area contributed by atoms with Crippen molar-refractivity contribution in [3.8, 4) is 11.5 Å². The third-order valence-electron chi connectivity index (χ3n) is 4.79. The lowest BCUT2D eigenvalue weighted by atomic mass is 10.1. The van der Waals surface area contributed by atoms with E-state index in [0.717, 1.165) is 20.9 Å². The molecule has 0 heterocycles. The minimum absolute atomic E-state index is 0.000645. The van der Waals surface area contributed by atoms with Gasteiger partial charge in [-0.2, -0.15) is 0 Å². The normalized spacial score (nSPS) is 11.0. The van der Waals surface area contributed by atoms with Gasteiger partial charge in [0.25, 0.3) is 5.91 Å². The van der Waals surface area contributed by atoms with E-state index in [0.29, 0.717) is 22.6 Å². The number of carbonyl (C=O) groups excluding carboxylic acids is 1. The molecule has 0 bridgehead atoms. The first-order valence-electron chi connectivity index (χ1n) is 9.55. The monoisotopic (exact) mass is 474 g/mol. The summed E-state index contributed by atoms with van der Waals surface area (Å²) in [6.45, 7) is 0. The largest absolute Gasteiger partial charge is 0.504 e. The number of ether oxygens (including phenoxy) is 1. The van der Waals surface area contributed by atoms with Gasteiger partial charge in [0.2, 0.25) is 0 Å². The van der Waals surface area contributed by atoms with E-state index in [-0.39, 0.29) is 11.7 Å². The summed E-state index contributed by atoms with van der Waals surface area (Å²) in [5.74, 6) is 0.124. The maximum Gasteiger partial charge on any atom is 0.255 e. The van der Waals surface area contributed by atoms with Gasteiger partial charge in [-0.15, -0.1) is 0 Å². The summed E-state index contributed by atoms with van der Waals surface area (Å²) in [7, 11) is 1.49. The molecule has 0 saturated carbocycles. The first-order valence-corrected chi connectivity index (χ1v) is 10.3. The van der Waals surface area contributed by atoms with E-state index in [1.807, 2.05) is 42.5 Å². The van der Waals surface area contributed by atoms with Crippen LogP contribution in [-0.4, -0.2) is 24.3 Å². The molecule has 5 nitrogen and oxygen atoms in total. The van der Waals surface area contributed by atoms with Crippen molar-refractivity contribution in [1.82, 2.24) is 0 Å². The summed E-state index contributed by atoms with van der Waals surface area (Å²) in [4.78, 5) is 17.3. The van der Waals surface area contributed by atoms with Crippen LogP contribution in [0.1, 0.15) is 15.9 Å². The summed E-state index contributed by atoms with van der Waals surface area (Å²) in [6.07, 6.45) is 1.53. The fraction of sp³-hybridized carbons (Fsp3) is 0.0400. The highest BCUT2D eigenvalue weighted by atomic mass is 79.9. The zero-order valence-corrected chi connectivity index (χ0v) is 18.3. The number of carbonyl (C=O) groups is 1. The van der Waals surface area contributed by atoms with E-state index in [9.17, 15) is 9.90 Å². The molecule has 4 aromatic carbocycles. The number of phenols is 1. The van der Waals surface area contributed by atoms with Gasteiger partial charge in [-0.1, -0.05) is 58.4 Å². The van der Waals surface area contributed by atoms with E-state index in [1.54, 1.807) is 36.4 Å². The van der Waals surface area contributed by atoms with Crippen LogP contribution >= 0.6 is 15.9 Å². The SMILES string of the molecule is COc1cc(Br)cc(C=Nc2cccc(C(=O)Nc3cccc4ccccc34)c2)c1O. The Kier molecular flexibility index (Phi) is 6.00. The first-order chi connectivity index (χ1) is 15.0. The molecule has 31 heavy (non-hydrogen) atoms. The van der Waals surface area contributed by atoms with Crippen LogP contribution in [0.5, 0.6) is 11.5 Å². The van der Waals surface area contributed by atoms with Crippen LogP contribution in [-0.2, 0) is 0 Å². The molecule has 0 aliphatic rings. The number of phenolic OH excluding ortho intramolecular Hbond substituents is 1. The average Bonchev–Trinajstić information content (AvgIpc) is 2.79. The Balaban J connectivity index is 1.58. The Morgan fingerprint density at radius 2 is 1.81 bits per heavy atom. The van der Waals surface area contributed by atoms with Gasteiger partial charge in [0.15, 0.2) is 11.5 Å². The number of aliphatic imine (C=N–C) groups is 1. The standard InChI is InChI=1S/C25H19BrN2O3/c1-31-23-14-19(26)12-18(24(23)29)15-27-20-9-4-8-17(13-20)25(30)28-22-11-5-7-16-6-2-3-10-21(16)22/h2-15,29H,1H3,(H,28,30). The quantitative estimate of drug-likeness (QED) is 0.332. The molecule has 0 radical (unpaired) electrons. The maximum absolute atomic E-state index is 12.8. The summed E-state index contributed by atoms with van der Waals surface area (Å²) < 4.78 is 5.92. The third-order valence-corrected chi connectivity index (χ3v) is 5.25. The van der Waals surface area contributed by atoms with Crippen LogP contribution < -0.4 is 10.1 Å². The fourth-order valence-electron chi connectivity index (χ4n) is 3.25. The molecule has 4 rings (SSSR count). The number of methoxy groups -OCH3 is 1. The molecule has 0 aromatic heterocycles. The number of halogens is 1. The van der Waals surface area contributed by atoms with E-state index in [4.69, 9.17) is 4.74 Å². The number of anilines is 1. The molecule has 6 heteroatoms. The van der Waals surface area contributed by atoms with Crippen molar-refractivity contribution in [3.05, 3.63) is 94.5 Å². The molecule has 0 fully saturated rings. The van der Waals surface area contributed by atoms with Crippen LogP contribution in [0, 0.1) is 0 Å². The zero-order valence-electron chi connectivity index (χ0n) is 16.7. The smallest absolute Gasteiger partial charge is 0.255 e. The van der Waals surface area contributed by atoms with E-state index in [2.05, 4.69) is 26.2 Å². The number of rotatable bonds is 5. The van der Waals surface area contributed by atoms with Crippen molar-refractivity contribution < 1.29 is 14.6 Å². The van der Waals surface area contributed by atoms with Crippen molar-refractivity contribution in [2.45, 2.75) is 0 Å². The molecule has 0 atom stereocenters. The number of nitrogens with one attached hydrogen (secondary N) is 1. The topological polar surface area (TPSA) is 70.9 Å². The number of fused-ring (bicyclic) bond motifs is 1. The van der Waals surface area contributed by atoms with Crippen molar-refractivity contribution in [2.75, 3.05) is 12.4 Å². The second kappa shape index (κ2) is 9.02. The Morgan fingerprint density at radius 1 is 1.03 bits per heavy atom. The molecular weight excluding hydrogens is 456 g/mol. The molecule has 0 unspecified atom stereocenters. The number of hydrogen-bond donors (Lipinski definition) is 2. The van der Waals surface area contributed by atoms with Gasteiger partial charge in [-0.3, -0.25) is 9.79 Å². The number of benzene rings is 4. The molecule has 2 N–H and O–H groups in total. The highest BCUT2D eigenvalue weighted by Crippen LogP contribution is 2.33. The molecule has 0 aliphatic heterocycles. The van der Waals surface area contributed by atoms with Crippen LogP contribution in [0.25, 0.3) is 10.8 Å². The lowest BCUT2D eigenvalue weighted by Crippen LogP contribution is -2.11. The third kappa shape index (κ3) is 4.59. The van der Waals surface area contributed by atoms with Crippen LogP contribution in [0.15, 0.2) is 88.3 Å². The van der Waals surface area contributed by atoms with Crippen LogP contribution in [0.3, 0.4) is 0 Å². The predicted octanol–water partition coefficient (Wildman–Crippen LogP) is 6.32. The first kappa shape index (κ1) is 20.6. The van der Waals surface area contributed by atoms with E-state index < -0.39 is 0 Å². The Morgan fingerprint density at radius 3 is 2.65 bits per heavy atom. The average molecular weight is 475 g/mol. The molecule has 0 saturated heterocycles. The van der Waals surface area contributed by atoms with E-state index >= 15 is 0 Å². The van der Waals surface area contributed by atoms with Crippen LogP contribution in [0.2, 0.25) is 0 Å². The zero-order chi connectivity index (χ0) is 21.8. The van der Waals surface area contributed by atoms with Crippen molar-refractivity contribution in [3.63, 3.8) is 0 Å². The fourth-order valence-corrected chi connectivity index (χ4v) is 3.70. The molecule has 4 aromatic rings. The highest BCUT2D eigenvalue weighted by Gasteiger charge is 2.10. The van der Waals surface area contributed by atoms with Crippen molar-refractivity contribution in [2.24, 2.45) is 4.99 Å². The van der Waals surface area contributed by atoms with Gasteiger partial charge >= 0.3 is 0 Å². The number of aromatic hydroxyl groups is 1. The van der Waals surface area contributed by atoms with Gasteiger partial charge < -0.3 is 15.2 Å². The molecular formula is C25H19BrN2O3. The Labute approximate surface area is 188 Å².